The molecule has 0 saturated carbocycles. The summed E-state index contributed by atoms with van der Waals surface area (Å²) in [5.74, 6) is 0.589. The summed E-state index contributed by atoms with van der Waals surface area (Å²) in [6.07, 6.45) is 2.33. The Morgan fingerprint density at radius 3 is 2.41 bits per heavy atom. The summed E-state index contributed by atoms with van der Waals surface area (Å²) in [5, 5.41) is 0.718. The summed E-state index contributed by atoms with van der Waals surface area (Å²) in [7, 11) is 0. The minimum absolute atomic E-state index is 0.437. The van der Waals surface area contributed by atoms with Crippen molar-refractivity contribution in [2.24, 2.45) is 0 Å². The Kier molecular flexibility index (Phi) is 4.22. The minimum Gasteiger partial charge on any atom is -0.384 e. The average molecular weight is 328 g/mol. The van der Waals surface area contributed by atoms with Crippen molar-refractivity contribution < 1.29 is 0 Å². The summed E-state index contributed by atoms with van der Waals surface area (Å²) < 4.78 is 2.22. The number of nitrogen functional groups attached to an aromatic ring is 1. The smallest absolute Gasteiger partial charge is 0.205 e. The van der Waals surface area contributed by atoms with Gasteiger partial charge < -0.3 is 5.73 Å². The van der Waals surface area contributed by atoms with Crippen LogP contribution in [0.15, 0.2) is 60.8 Å². The number of nitrogens with zero attached hydrogens (tertiary/aromatic N) is 2. The van der Waals surface area contributed by atoms with Gasteiger partial charge in [-0.3, -0.25) is 4.57 Å². The predicted molar refractivity (Wildman–Crippen MR) is 93.1 cm³/mol. The normalized spacial score (nSPS) is 10.6. The monoisotopic (exact) mass is 327 g/mol. The molecule has 0 unspecified atom stereocenters. The second-order valence-electron chi connectivity index (χ2n) is 4.89. The van der Waals surface area contributed by atoms with Crippen LogP contribution in [-0.2, 0) is 6.42 Å². The number of benzene rings is 2. The van der Waals surface area contributed by atoms with Crippen molar-refractivity contribution in [1.82, 2.24) is 9.55 Å². The van der Waals surface area contributed by atoms with E-state index in [0.29, 0.717) is 17.0 Å². The number of halogens is 1. The molecular weight excluding hydrogens is 314 g/mol. The Bertz CT molecular complexity index is 859. The zero-order valence-corrected chi connectivity index (χ0v) is 13.3. The van der Waals surface area contributed by atoms with Gasteiger partial charge in [0.15, 0.2) is 0 Å². The van der Waals surface area contributed by atoms with Crippen LogP contribution in [0.25, 0.3) is 5.69 Å². The van der Waals surface area contributed by atoms with E-state index in [1.165, 1.54) is 0 Å². The molecule has 3 rings (SSSR count). The molecular formula is C17H14ClN3S. The van der Waals surface area contributed by atoms with Crippen LogP contribution in [0.3, 0.4) is 0 Å². The number of hydrogen-bond donors (Lipinski definition) is 1. The summed E-state index contributed by atoms with van der Waals surface area (Å²) in [5.41, 5.74) is 9.13. The molecule has 110 valence electrons. The quantitative estimate of drug-likeness (QED) is 0.724. The molecule has 0 aliphatic heterocycles. The van der Waals surface area contributed by atoms with Gasteiger partial charge in [-0.1, -0.05) is 48.0 Å². The van der Waals surface area contributed by atoms with Gasteiger partial charge in [0.1, 0.15) is 5.82 Å². The molecule has 5 heteroatoms. The van der Waals surface area contributed by atoms with Gasteiger partial charge in [0.2, 0.25) is 4.77 Å². The van der Waals surface area contributed by atoms with Gasteiger partial charge in [-0.05, 0) is 36.0 Å². The van der Waals surface area contributed by atoms with Crippen LogP contribution in [0.4, 0.5) is 5.82 Å². The van der Waals surface area contributed by atoms with Crippen molar-refractivity contribution in [2.75, 3.05) is 5.73 Å². The van der Waals surface area contributed by atoms with Gasteiger partial charge in [-0.2, -0.15) is 0 Å². The van der Waals surface area contributed by atoms with Crippen molar-refractivity contribution in [3.8, 4) is 5.69 Å². The van der Waals surface area contributed by atoms with E-state index in [4.69, 9.17) is 29.6 Å². The maximum Gasteiger partial charge on any atom is 0.205 e. The van der Waals surface area contributed by atoms with Gasteiger partial charge in [0.05, 0.1) is 0 Å². The van der Waals surface area contributed by atoms with Crippen LogP contribution in [0.2, 0.25) is 5.02 Å². The van der Waals surface area contributed by atoms with Gasteiger partial charge in [0.25, 0.3) is 0 Å². The Balaban J connectivity index is 2.08. The summed E-state index contributed by atoms with van der Waals surface area (Å²) in [6, 6.07) is 17.4. The highest BCUT2D eigenvalue weighted by atomic mass is 35.5. The van der Waals surface area contributed by atoms with E-state index in [0.717, 1.165) is 21.8 Å². The van der Waals surface area contributed by atoms with Crippen molar-refractivity contribution in [2.45, 2.75) is 6.42 Å². The summed E-state index contributed by atoms with van der Waals surface area (Å²) in [4.78, 5) is 4.30. The molecule has 0 aliphatic rings. The largest absolute Gasteiger partial charge is 0.384 e. The first-order valence-corrected chi connectivity index (χ1v) is 7.60. The van der Waals surface area contributed by atoms with Crippen LogP contribution in [0, 0.1) is 4.77 Å². The SMILES string of the molecule is Nc1c(Cc2ccccc2Cl)cnc(=S)n1-c1ccccc1. The lowest BCUT2D eigenvalue weighted by molar-refractivity contribution is 0.939. The number of nitrogens with two attached hydrogens (primary N) is 1. The van der Waals surface area contributed by atoms with Gasteiger partial charge in [-0.25, -0.2) is 4.98 Å². The maximum atomic E-state index is 6.33. The molecule has 1 heterocycles. The number of para-hydroxylation sites is 1. The van der Waals surface area contributed by atoms with Crippen LogP contribution in [0.1, 0.15) is 11.1 Å². The number of anilines is 1. The van der Waals surface area contributed by atoms with E-state index < -0.39 is 0 Å². The molecule has 0 amide bonds. The average Bonchev–Trinajstić information content (AvgIpc) is 2.53. The molecule has 2 aromatic carbocycles. The molecule has 3 nitrogen and oxygen atoms in total. The minimum atomic E-state index is 0.437. The molecule has 0 atom stereocenters. The lowest BCUT2D eigenvalue weighted by atomic mass is 10.1. The molecule has 0 saturated heterocycles. The van der Waals surface area contributed by atoms with Crippen LogP contribution < -0.4 is 5.73 Å². The number of aromatic nitrogens is 2. The topological polar surface area (TPSA) is 43.8 Å². The van der Waals surface area contributed by atoms with E-state index in [-0.39, 0.29) is 0 Å². The molecule has 0 spiro atoms. The van der Waals surface area contributed by atoms with Crippen LogP contribution in [0.5, 0.6) is 0 Å². The standard InChI is InChI=1S/C17H14ClN3S/c18-15-9-5-4-6-12(15)10-13-11-20-17(22)21(16(13)19)14-7-2-1-3-8-14/h1-9,11H,10,19H2. The Morgan fingerprint density at radius 1 is 1.00 bits per heavy atom. The molecule has 0 fully saturated rings. The first kappa shape index (κ1) is 14.8. The Labute approximate surface area is 139 Å². The molecule has 0 aliphatic carbocycles. The third-order valence-corrected chi connectivity index (χ3v) is 4.10. The highest BCUT2D eigenvalue weighted by molar-refractivity contribution is 7.71. The fourth-order valence-corrected chi connectivity index (χ4v) is 2.77. The highest BCUT2D eigenvalue weighted by Crippen LogP contribution is 2.23. The zero-order valence-electron chi connectivity index (χ0n) is 11.7. The fourth-order valence-electron chi connectivity index (χ4n) is 2.31. The summed E-state index contributed by atoms with van der Waals surface area (Å²) >= 11 is 11.5. The van der Waals surface area contributed by atoms with E-state index in [1.54, 1.807) is 10.8 Å². The first-order valence-electron chi connectivity index (χ1n) is 6.82. The van der Waals surface area contributed by atoms with Crippen molar-refractivity contribution in [3.05, 3.63) is 81.7 Å². The molecule has 22 heavy (non-hydrogen) atoms. The van der Waals surface area contributed by atoms with Gasteiger partial charge in [-0.15, -0.1) is 0 Å². The maximum absolute atomic E-state index is 6.33. The van der Waals surface area contributed by atoms with Crippen LogP contribution in [-0.4, -0.2) is 9.55 Å². The van der Waals surface area contributed by atoms with E-state index in [2.05, 4.69) is 4.98 Å². The highest BCUT2D eigenvalue weighted by Gasteiger charge is 2.10. The number of rotatable bonds is 3. The van der Waals surface area contributed by atoms with Crippen LogP contribution >= 0.6 is 23.8 Å². The summed E-state index contributed by atoms with van der Waals surface area (Å²) in [6.45, 7) is 0. The third-order valence-electron chi connectivity index (χ3n) is 3.45. The molecule has 0 bridgehead atoms. The predicted octanol–water partition coefficient (Wildman–Crippen LogP) is 4.43. The molecule has 1 aromatic heterocycles. The zero-order chi connectivity index (χ0) is 15.5. The van der Waals surface area contributed by atoms with Crippen molar-refractivity contribution in [1.29, 1.82) is 0 Å². The third kappa shape index (κ3) is 2.89. The van der Waals surface area contributed by atoms with Crippen molar-refractivity contribution >= 4 is 29.6 Å². The van der Waals surface area contributed by atoms with E-state index in [9.17, 15) is 0 Å². The second-order valence-corrected chi connectivity index (χ2v) is 5.66. The fraction of sp³-hybridized carbons (Fsp3) is 0.0588. The Morgan fingerprint density at radius 2 is 1.68 bits per heavy atom. The lowest BCUT2D eigenvalue weighted by Crippen LogP contribution is -2.10. The van der Waals surface area contributed by atoms with E-state index >= 15 is 0 Å². The Hall–Kier alpha value is -2.17. The number of hydrogen-bond acceptors (Lipinski definition) is 3. The first-order chi connectivity index (χ1) is 10.7. The van der Waals surface area contributed by atoms with Gasteiger partial charge in [0, 0.05) is 28.9 Å². The van der Waals surface area contributed by atoms with Gasteiger partial charge >= 0.3 is 0 Å². The molecule has 0 radical (unpaired) electrons. The lowest BCUT2D eigenvalue weighted by Gasteiger charge is -2.14. The molecule has 3 aromatic rings. The van der Waals surface area contributed by atoms with Crippen molar-refractivity contribution in [3.63, 3.8) is 0 Å². The second kappa shape index (κ2) is 6.30. The molecule has 2 N–H and O–H groups in total. The van der Waals surface area contributed by atoms with E-state index in [1.807, 2.05) is 54.6 Å².